The normalized spacial score (nSPS) is 15.6. The van der Waals surface area contributed by atoms with Gasteiger partial charge in [0.2, 0.25) is 0 Å². The van der Waals surface area contributed by atoms with Crippen molar-refractivity contribution in [3.8, 4) is 0 Å². The number of methoxy groups -OCH3 is 1. The molecule has 0 bridgehead atoms. The first-order valence-electron chi connectivity index (χ1n) is 5.49. The fourth-order valence-corrected chi connectivity index (χ4v) is 2.40. The van der Waals surface area contributed by atoms with Crippen LogP contribution >= 0.6 is 0 Å². The number of ether oxygens (including phenoxy) is 1. The van der Waals surface area contributed by atoms with Crippen LogP contribution < -0.4 is 4.72 Å². The lowest BCUT2D eigenvalue weighted by Crippen LogP contribution is -2.41. The number of aromatic nitrogens is 2. The molecule has 0 aliphatic rings. The first-order chi connectivity index (χ1) is 8.27. The summed E-state index contributed by atoms with van der Waals surface area (Å²) in [5.74, 6) is 0.515. The average Bonchev–Trinajstić information content (AvgIpc) is 2.72. The minimum Gasteiger partial charge on any atom is -0.389 e. The number of imidazole rings is 1. The summed E-state index contributed by atoms with van der Waals surface area (Å²) in [6, 6.07) is 0. The van der Waals surface area contributed by atoms with E-state index >= 15 is 0 Å². The van der Waals surface area contributed by atoms with Gasteiger partial charge in [0.1, 0.15) is 5.82 Å². The minimum atomic E-state index is -3.67. The van der Waals surface area contributed by atoms with Crippen molar-refractivity contribution >= 4 is 10.0 Å². The van der Waals surface area contributed by atoms with Crippen molar-refractivity contribution in [1.82, 2.24) is 14.7 Å². The third kappa shape index (κ3) is 4.37. The van der Waals surface area contributed by atoms with Gasteiger partial charge >= 0.3 is 0 Å². The Kier molecular flexibility index (Phi) is 4.85. The van der Waals surface area contributed by atoms with Gasteiger partial charge in [0.25, 0.3) is 10.0 Å². The predicted molar refractivity (Wildman–Crippen MR) is 65.6 cm³/mol. The summed E-state index contributed by atoms with van der Waals surface area (Å²) in [5, 5.41) is 9.92. The molecule has 1 rings (SSSR count). The summed E-state index contributed by atoms with van der Waals surface area (Å²) >= 11 is 0. The maximum Gasteiger partial charge on any atom is 0.257 e. The highest BCUT2D eigenvalue weighted by Crippen LogP contribution is 2.10. The zero-order chi connectivity index (χ0) is 13.8. The van der Waals surface area contributed by atoms with Crippen LogP contribution in [0.3, 0.4) is 0 Å². The van der Waals surface area contributed by atoms with Gasteiger partial charge in [-0.3, -0.25) is 0 Å². The van der Waals surface area contributed by atoms with E-state index in [2.05, 4.69) is 14.7 Å². The summed E-state index contributed by atoms with van der Waals surface area (Å²) in [5.41, 5.74) is -1.15. The monoisotopic (exact) mass is 277 g/mol. The summed E-state index contributed by atoms with van der Waals surface area (Å²) in [4.78, 5) is 6.45. The number of aliphatic hydroxyl groups is 1. The second-order valence-corrected chi connectivity index (χ2v) is 6.13. The molecule has 7 nitrogen and oxygen atoms in total. The van der Waals surface area contributed by atoms with Crippen molar-refractivity contribution in [2.75, 3.05) is 20.3 Å². The van der Waals surface area contributed by atoms with Gasteiger partial charge in [-0.2, -0.15) is 0 Å². The van der Waals surface area contributed by atoms with Crippen molar-refractivity contribution < 1.29 is 18.3 Å². The van der Waals surface area contributed by atoms with Gasteiger partial charge in [0, 0.05) is 26.7 Å². The number of nitrogens with one attached hydrogen (secondary N) is 2. The molecule has 104 valence electrons. The molecule has 0 saturated carbocycles. The molecule has 8 heteroatoms. The smallest absolute Gasteiger partial charge is 0.257 e. The zero-order valence-corrected chi connectivity index (χ0v) is 11.5. The van der Waals surface area contributed by atoms with E-state index in [9.17, 15) is 13.5 Å². The highest BCUT2D eigenvalue weighted by molar-refractivity contribution is 7.89. The van der Waals surface area contributed by atoms with Crippen molar-refractivity contribution in [3.63, 3.8) is 0 Å². The van der Waals surface area contributed by atoms with Crippen LogP contribution in [0.4, 0.5) is 0 Å². The summed E-state index contributed by atoms with van der Waals surface area (Å²) in [7, 11) is -2.15. The average molecular weight is 277 g/mol. The molecule has 18 heavy (non-hydrogen) atoms. The second kappa shape index (κ2) is 5.79. The fraction of sp³-hybridized carbons (Fsp3) is 0.700. The minimum absolute atomic E-state index is 0.0115. The van der Waals surface area contributed by atoms with Crippen LogP contribution in [-0.4, -0.2) is 49.4 Å². The van der Waals surface area contributed by atoms with Crippen LogP contribution in [0.5, 0.6) is 0 Å². The molecule has 0 amide bonds. The van der Waals surface area contributed by atoms with Crippen molar-refractivity contribution in [1.29, 1.82) is 0 Å². The first kappa shape index (κ1) is 15.1. The molecular weight excluding hydrogens is 258 g/mol. The number of H-pyrrole nitrogens is 1. The molecule has 1 atom stereocenters. The van der Waals surface area contributed by atoms with E-state index in [4.69, 9.17) is 4.74 Å². The highest BCUT2D eigenvalue weighted by Gasteiger charge is 2.24. The lowest BCUT2D eigenvalue weighted by Gasteiger charge is -2.22. The molecule has 0 spiro atoms. The van der Waals surface area contributed by atoms with Crippen LogP contribution in [0.25, 0.3) is 0 Å². The van der Waals surface area contributed by atoms with Gasteiger partial charge in [-0.1, -0.05) is 0 Å². The van der Waals surface area contributed by atoms with E-state index in [0.717, 1.165) is 0 Å². The number of sulfonamides is 1. The number of aromatic amines is 1. The molecule has 3 N–H and O–H groups in total. The Morgan fingerprint density at radius 3 is 2.78 bits per heavy atom. The lowest BCUT2D eigenvalue weighted by molar-refractivity contribution is 0.0292. The van der Waals surface area contributed by atoms with E-state index in [1.807, 2.05) is 0 Å². The molecule has 0 fully saturated rings. The van der Waals surface area contributed by atoms with Gasteiger partial charge in [-0.25, -0.2) is 18.1 Å². The summed E-state index contributed by atoms with van der Waals surface area (Å²) in [6.45, 7) is 3.48. The predicted octanol–water partition coefficient (Wildman–Crippen LogP) is -0.216. The Morgan fingerprint density at radius 2 is 2.28 bits per heavy atom. The number of nitrogens with zero attached hydrogens (tertiary/aromatic N) is 1. The van der Waals surface area contributed by atoms with E-state index in [0.29, 0.717) is 18.9 Å². The molecule has 0 aliphatic heterocycles. The van der Waals surface area contributed by atoms with E-state index in [1.165, 1.54) is 13.3 Å². The Labute approximate surface area is 107 Å². The third-order valence-corrected chi connectivity index (χ3v) is 3.77. The Bertz CT molecular complexity index is 481. The van der Waals surface area contributed by atoms with Crippen LogP contribution in [-0.2, 0) is 14.8 Å². The quantitative estimate of drug-likeness (QED) is 0.639. The van der Waals surface area contributed by atoms with E-state index < -0.39 is 15.6 Å². The molecule has 0 aromatic carbocycles. The maximum absolute atomic E-state index is 11.8. The number of hydrogen-bond acceptors (Lipinski definition) is 5. The first-order valence-corrected chi connectivity index (χ1v) is 6.98. The van der Waals surface area contributed by atoms with Crippen LogP contribution in [0, 0.1) is 6.92 Å². The van der Waals surface area contributed by atoms with Crippen LogP contribution in [0.2, 0.25) is 0 Å². The Hall–Kier alpha value is -0.960. The summed E-state index contributed by atoms with van der Waals surface area (Å²) < 4.78 is 30.9. The van der Waals surface area contributed by atoms with Crippen molar-refractivity contribution in [2.45, 2.75) is 30.9 Å². The Balaban J connectivity index is 2.62. The van der Waals surface area contributed by atoms with Crippen molar-refractivity contribution in [2.24, 2.45) is 0 Å². The topological polar surface area (TPSA) is 104 Å². The van der Waals surface area contributed by atoms with Gasteiger partial charge in [0.15, 0.2) is 5.03 Å². The molecule has 1 heterocycles. The molecule has 0 radical (unpaired) electrons. The van der Waals surface area contributed by atoms with E-state index in [1.54, 1.807) is 13.8 Å². The molecule has 1 aromatic heterocycles. The molecule has 1 unspecified atom stereocenters. The summed E-state index contributed by atoms with van der Waals surface area (Å²) in [6.07, 6.45) is 1.58. The number of rotatable bonds is 7. The van der Waals surface area contributed by atoms with Gasteiger partial charge < -0.3 is 14.8 Å². The number of hydrogen-bond donors (Lipinski definition) is 3. The van der Waals surface area contributed by atoms with Gasteiger partial charge in [-0.15, -0.1) is 0 Å². The molecule has 1 aromatic rings. The van der Waals surface area contributed by atoms with Crippen LogP contribution in [0.15, 0.2) is 11.2 Å². The standard InChI is InChI=1S/C10H19N3O4S/c1-8-11-6-9(13-8)18(15,16)12-7-10(2,14)4-5-17-3/h6,12,14H,4-5,7H2,1-3H3,(H,11,13). The largest absolute Gasteiger partial charge is 0.389 e. The zero-order valence-electron chi connectivity index (χ0n) is 10.7. The molecule has 0 saturated heterocycles. The van der Waals surface area contributed by atoms with Crippen molar-refractivity contribution in [3.05, 3.63) is 12.0 Å². The molecule has 0 aliphatic carbocycles. The maximum atomic E-state index is 11.8. The van der Waals surface area contributed by atoms with Gasteiger partial charge in [0.05, 0.1) is 11.8 Å². The van der Waals surface area contributed by atoms with E-state index in [-0.39, 0.29) is 11.6 Å². The second-order valence-electron chi connectivity index (χ2n) is 4.40. The SMILES string of the molecule is COCCC(C)(O)CNS(=O)(=O)c1cnc(C)[nH]1. The highest BCUT2D eigenvalue weighted by atomic mass is 32.2. The molecular formula is C10H19N3O4S. The lowest BCUT2D eigenvalue weighted by atomic mass is 10.0. The van der Waals surface area contributed by atoms with Gasteiger partial charge in [-0.05, 0) is 13.8 Å². The number of aryl methyl sites for hydroxylation is 1. The fourth-order valence-electron chi connectivity index (χ4n) is 1.27. The third-order valence-electron chi connectivity index (χ3n) is 2.46. The Morgan fingerprint density at radius 1 is 1.61 bits per heavy atom. The van der Waals surface area contributed by atoms with Crippen LogP contribution in [0.1, 0.15) is 19.2 Å².